The number of amides is 1. The van der Waals surface area contributed by atoms with Crippen LogP contribution in [0.4, 0.5) is 5.69 Å². The standard InChI is InChI=1S/C19H18ClN3O4/c1-25-14-5-3-4-12(10-14)19-23-22-18(27-19)9-8-17(24)21-13-6-7-16(26-2)15(20)11-13/h3-7,10-11H,8-9H2,1-2H3,(H,21,24). The van der Waals surface area contributed by atoms with Gasteiger partial charge in [-0.05, 0) is 36.4 Å². The summed E-state index contributed by atoms with van der Waals surface area (Å²) < 4.78 is 15.9. The SMILES string of the molecule is COc1cccc(-c2nnc(CCC(=O)Nc3ccc(OC)c(Cl)c3)o2)c1. The van der Waals surface area contributed by atoms with Gasteiger partial charge >= 0.3 is 0 Å². The second-order valence-electron chi connectivity index (χ2n) is 5.63. The first kappa shape index (κ1) is 18.7. The van der Waals surface area contributed by atoms with E-state index < -0.39 is 0 Å². The molecule has 8 heteroatoms. The summed E-state index contributed by atoms with van der Waals surface area (Å²) in [6, 6.07) is 12.4. The van der Waals surface area contributed by atoms with Crippen LogP contribution < -0.4 is 14.8 Å². The Kier molecular flexibility index (Phi) is 5.93. The van der Waals surface area contributed by atoms with Crippen molar-refractivity contribution in [3.63, 3.8) is 0 Å². The highest BCUT2D eigenvalue weighted by atomic mass is 35.5. The molecule has 7 nitrogen and oxygen atoms in total. The lowest BCUT2D eigenvalue weighted by Crippen LogP contribution is -2.12. The number of aryl methyl sites for hydroxylation is 1. The van der Waals surface area contributed by atoms with Crippen LogP contribution in [0.1, 0.15) is 12.3 Å². The zero-order valence-electron chi connectivity index (χ0n) is 14.9. The van der Waals surface area contributed by atoms with Gasteiger partial charge in [0.1, 0.15) is 11.5 Å². The van der Waals surface area contributed by atoms with Gasteiger partial charge in [-0.25, -0.2) is 0 Å². The van der Waals surface area contributed by atoms with Crippen molar-refractivity contribution in [2.45, 2.75) is 12.8 Å². The lowest BCUT2D eigenvalue weighted by atomic mass is 10.2. The molecule has 3 aromatic rings. The summed E-state index contributed by atoms with van der Waals surface area (Å²) in [6.07, 6.45) is 0.524. The number of halogens is 1. The average Bonchev–Trinajstić information content (AvgIpc) is 3.16. The maximum Gasteiger partial charge on any atom is 0.247 e. The van der Waals surface area contributed by atoms with Gasteiger partial charge in [0, 0.05) is 24.1 Å². The van der Waals surface area contributed by atoms with Gasteiger partial charge in [-0.15, -0.1) is 10.2 Å². The van der Waals surface area contributed by atoms with Crippen molar-refractivity contribution >= 4 is 23.2 Å². The molecule has 1 aromatic heterocycles. The van der Waals surface area contributed by atoms with Gasteiger partial charge in [0.2, 0.25) is 17.7 Å². The van der Waals surface area contributed by atoms with E-state index in [4.69, 9.17) is 25.5 Å². The van der Waals surface area contributed by atoms with Gasteiger partial charge in [0.25, 0.3) is 0 Å². The van der Waals surface area contributed by atoms with Crippen LogP contribution in [0.3, 0.4) is 0 Å². The van der Waals surface area contributed by atoms with E-state index >= 15 is 0 Å². The highest BCUT2D eigenvalue weighted by Crippen LogP contribution is 2.27. The van der Waals surface area contributed by atoms with Gasteiger partial charge in [0.15, 0.2) is 0 Å². The third-order valence-corrected chi connectivity index (χ3v) is 4.08. The van der Waals surface area contributed by atoms with Crippen molar-refractivity contribution in [1.29, 1.82) is 0 Å². The van der Waals surface area contributed by atoms with Crippen LogP contribution in [-0.4, -0.2) is 30.3 Å². The molecule has 2 aromatic carbocycles. The Labute approximate surface area is 161 Å². The number of methoxy groups -OCH3 is 2. The van der Waals surface area contributed by atoms with Gasteiger partial charge in [-0.3, -0.25) is 4.79 Å². The largest absolute Gasteiger partial charge is 0.497 e. The molecule has 27 heavy (non-hydrogen) atoms. The lowest BCUT2D eigenvalue weighted by Gasteiger charge is -2.07. The Morgan fingerprint density at radius 2 is 2.00 bits per heavy atom. The quantitative estimate of drug-likeness (QED) is 0.659. The number of hydrogen-bond acceptors (Lipinski definition) is 6. The van der Waals surface area contributed by atoms with Gasteiger partial charge < -0.3 is 19.2 Å². The Hall–Kier alpha value is -3.06. The molecule has 3 rings (SSSR count). The van der Waals surface area contributed by atoms with Crippen LogP contribution in [-0.2, 0) is 11.2 Å². The molecular weight excluding hydrogens is 370 g/mol. The Morgan fingerprint density at radius 3 is 2.74 bits per heavy atom. The van der Waals surface area contributed by atoms with Crippen molar-refractivity contribution in [1.82, 2.24) is 10.2 Å². The molecule has 0 aliphatic carbocycles. The lowest BCUT2D eigenvalue weighted by molar-refractivity contribution is -0.116. The molecule has 0 aliphatic rings. The van der Waals surface area contributed by atoms with E-state index in [2.05, 4.69) is 15.5 Å². The summed E-state index contributed by atoms with van der Waals surface area (Å²) in [4.78, 5) is 12.1. The molecule has 0 atom stereocenters. The number of benzene rings is 2. The third kappa shape index (κ3) is 4.77. The molecule has 140 valence electrons. The maximum atomic E-state index is 12.1. The summed E-state index contributed by atoms with van der Waals surface area (Å²) >= 11 is 6.05. The highest BCUT2D eigenvalue weighted by molar-refractivity contribution is 6.32. The van der Waals surface area contributed by atoms with E-state index in [9.17, 15) is 4.79 Å². The summed E-state index contributed by atoms with van der Waals surface area (Å²) in [5.41, 5.74) is 1.35. The number of ether oxygens (including phenoxy) is 2. The minimum Gasteiger partial charge on any atom is -0.497 e. The van der Waals surface area contributed by atoms with E-state index in [-0.39, 0.29) is 12.3 Å². The number of carbonyl (C=O) groups is 1. The van der Waals surface area contributed by atoms with Gasteiger partial charge in [-0.1, -0.05) is 17.7 Å². The fourth-order valence-electron chi connectivity index (χ4n) is 2.42. The van der Waals surface area contributed by atoms with E-state index in [1.165, 1.54) is 7.11 Å². The van der Waals surface area contributed by atoms with E-state index in [0.717, 1.165) is 5.56 Å². The number of hydrogen-bond donors (Lipinski definition) is 1. The Bertz CT molecular complexity index is 942. The fourth-order valence-corrected chi connectivity index (χ4v) is 2.67. The number of nitrogens with zero attached hydrogens (tertiary/aromatic N) is 2. The van der Waals surface area contributed by atoms with Crippen molar-refractivity contribution in [2.24, 2.45) is 0 Å². The molecule has 0 radical (unpaired) electrons. The number of aromatic nitrogens is 2. The number of anilines is 1. The first-order chi connectivity index (χ1) is 13.1. The molecule has 1 amide bonds. The normalized spacial score (nSPS) is 10.5. The predicted molar refractivity (Wildman–Crippen MR) is 101 cm³/mol. The smallest absolute Gasteiger partial charge is 0.247 e. The predicted octanol–water partition coefficient (Wildman–Crippen LogP) is 3.98. The van der Waals surface area contributed by atoms with Crippen molar-refractivity contribution in [2.75, 3.05) is 19.5 Å². The van der Waals surface area contributed by atoms with Crippen molar-refractivity contribution in [3.8, 4) is 23.0 Å². The van der Waals surface area contributed by atoms with E-state index in [1.807, 2.05) is 18.2 Å². The Balaban J connectivity index is 1.58. The highest BCUT2D eigenvalue weighted by Gasteiger charge is 2.12. The first-order valence-electron chi connectivity index (χ1n) is 8.19. The van der Waals surface area contributed by atoms with Crippen molar-refractivity contribution < 1.29 is 18.7 Å². The summed E-state index contributed by atoms with van der Waals surface area (Å²) in [5, 5.41) is 11.2. The van der Waals surface area contributed by atoms with Gasteiger partial charge in [-0.2, -0.15) is 0 Å². The van der Waals surface area contributed by atoms with Crippen LogP contribution in [0.2, 0.25) is 5.02 Å². The van der Waals surface area contributed by atoms with Crippen molar-refractivity contribution in [3.05, 3.63) is 53.4 Å². The first-order valence-corrected chi connectivity index (χ1v) is 8.57. The molecule has 0 saturated carbocycles. The second-order valence-corrected chi connectivity index (χ2v) is 6.04. The minimum atomic E-state index is -0.183. The van der Waals surface area contributed by atoms with Crippen LogP contribution >= 0.6 is 11.6 Å². The van der Waals surface area contributed by atoms with Crippen LogP contribution in [0.15, 0.2) is 46.9 Å². The molecule has 0 bridgehead atoms. The third-order valence-electron chi connectivity index (χ3n) is 3.79. The number of rotatable bonds is 7. The molecular formula is C19H18ClN3O4. The zero-order valence-corrected chi connectivity index (χ0v) is 15.6. The monoisotopic (exact) mass is 387 g/mol. The van der Waals surface area contributed by atoms with Crippen LogP contribution in [0.25, 0.3) is 11.5 Å². The average molecular weight is 388 g/mol. The Morgan fingerprint density at radius 1 is 1.15 bits per heavy atom. The summed E-state index contributed by atoms with van der Waals surface area (Å²) in [5.74, 6) is 1.83. The molecule has 0 aliphatic heterocycles. The number of carbonyl (C=O) groups excluding carboxylic acids is 1. The van der Waals surface area contributed by atoms with Crippen LogP contribution in [0.5, 0.6) is 11.5 Å². The second kappa shape index (κ2) is 8.55. The topological polar surface area (TPSA) is 86.5 Å². The molecule has 1 N–H and O–H groups in total. The molecule has 0 saturated heterocycles. The summed E-state index contributed by atoms with van der Waals surface area (Å²) in [7, 11) is 3.12. The molecule has 0 spiro atoms. The maximum absolute atomic E-state index is 12.1. The summed E-state index contributed by atoms with van der Waals surface area (Å²) in [6.45, 7) is 0. The zero-order chi connectivity index (χ0) is 19.2. The number of nitrogens with one attached hydrogen (secondary N) is 1. The molecule has 0 unspecified atom stereocenters. The molecule has 0 fully saturated rings. The van der Waals surface area contributed by atoms with E-state index in [0.29, 0.717) is 40.4 Å². The minimum absolute atomic E-state index is 0.183. The van der Waals surface area contributed by atoms with E-state index in [1.54, 1.807) is 31.4 Å². The van der Waals surface area contributed by atoms with Crippen LogP contribution in [0, 0.1) is 0 Å². The molecule has 1 heterocycles. The fraction of sp³-hybridized carbons (Fsp3) is 0.211. The van der Waals surface area contributed by atoms with Gasteiger partial charge in [0.05, 0.1) is 19.2 Å².